The molecule has 0 spiro atoms. The van der Waals surface area contributed by atoms with Crippen LogP contribution in [0.15, 0.2) is 36.0 Å². The van der Waals surface area contributed by atoms with E-state index in [0.717, 1.165) is 35.8 Å². The first-order chi connectivity index (χ1) is 13.1. The van der Waals surface area contributed by atoms with E-state index in [4.69, 9.17) is 0 Å². The molecule has 2 saturated carbocycles. The van der Waals surface area contributed by atoms with E-state index in [1.54, 1.807) is 0 Å². The van der Waals surface area contributed by atoms with Crippen molar-refractivity contribution in [2.75, 3.05) is 0 Å². The molecule has 0 saturated heterocycles. The quantitative estimate of drug-likeness (QED) is 0.526. The lowest BCUT2D eigenvalue weighted by Gasteiger charge is -2.39. The second-order valence-electron chi connectivity index (χ2n) is 10.0. The molecular weight excluding hydrogens is 348 g/mol. The van der Waals surface area contributed by atoms with Gasteiger partial charge in [-0.05, 0) is 80.8 Å². The average Bonchev–Trinajstić information content (AvgIpc) is 2.59. The van der Waals surface area contributed by atoms with Crippen LogP contribution in [0.3, 0.4) is 0 Å². The van der Waals surface area contributed by atoms with E-state index < -0.39 is 17.8 Å². The molecule has 0 heterocycles. The first-order valence-electron chi connectivity index (χ1n) is 11.2. The van der Waals surface area contributed by atoms with Crippen molar-refractivity contribution in [1.29, 1.82) is 0 Å². The number of aliphatic hydroxyl groups is 3. The summed E-state index contributed by atoms with van der Waals surface area (Å²) >= 11 is 0. The van der Waals surface area contributed by atoms with Gasteiger partial charge in [0.05, 0.1) is 17.8 Å². The topological polar surface area (TPSA) is 60.7 Å². The molecule has 0 aromatic rings. The van der Waals surface area contributed by atoms with E-state index in [-0.39, 0.29) is 0 Å². The van der Waals surface area contributed by atoms with Gasteiger partial charge in [-0.1, -0.05) is 51.5 Å². The monoisotopic (exact) mass is 390 g/mol. The SMILES string of the molecule is C=C1/C(=C\C=C\[C@@H]2CC[C@@H](C)[C@H](CCCCC(C)(C)O)[C@H]2C)C[C@@H](O)C[C@@H]1O. The number of rotatable bonds is 7. The van der Waals surface area contributed by atoms with Gasteiger partial charge in [-0.15, -0.1) is 0 Å². The van der Waals surface area contributed by atoms with Crippen LogP contribution in [0.25, 0.3) is 0 Å². The Hall–Kier alpha value is -0.900. The van der Waals surface area contributed by atoms with Gasteiger partial charge in [0.2, 0.25) is 0 Å². The van der Waals surface area contributed by atoms with Crippen LogP contribution >= 0.6 is 0 Å². The summed E-state index contributed by atoms with van der Waals surface area (Å²) in [5.74, 6) is 2.75. The number of unbranched alkanes of at least 4 members (excludes halogenated alkanes) is 1. The minimum absolute atomic E-state index is 0.395. The van der Waals surface area contributed by atoms with Gasteiger partial charge >= 0.3 is 0 Å². The Bertz CT molecular complexity index is 569. The zero-order valence-corrected chi connectivity index (χ0v) is 18.4. The summed E-state index contributed by atoms with van der Waals surface area (Å²) in [5.41, 5.74) is 1.18. The molecule has 160 valence electrons. The minimum atomic E-state index is -0.619. The molecule has 3 heteroatoms. The third-order valence-electron chi connectivity index (χ3n) is 7.03. The van der Waals surface area contributed by atoms with Crippen molar-refractivity contribution < 1.29 is 15.3 Å². The molecule has 0 amide bonds. The maximum Gasteiger partial charge on any atom is 0.0811 e. The molecular formula is C25H42O3. The molecule has 0 bridgehead atoms. The van der Waals surface area contributed by atoms with E-state index in [1.807, 2.05) is 19.9 Å². The number of allylic oxidation sites excluding steroid dienone is 3. The Morgan fingerprint density at radius 1 is 1.14 bits per heavy atom. The summed E-state index contributed by atoms with van der Waals surface area (Å²) in [5, 5.41) is 29.8. The lowest BCUT2D eigenvalue weighted by atomic mass is 9.66. The predicted molar refractivity (Wildman–Crippen MR) is 117 cm³/mol. The molecule has 3 nitrogen and oxygen atoms in total. The first kappa shape index (κ1) is 23.4. The van der Waals surface area contributed by atoms with Crippen LogP contribution < -0.4 is 0 Å². The Balaban J connectivity index is 1.91. The van der Waals surface area contributed by atoms with E-state index >= 15 is 0 Å². The minimum Gasteiger partial charge on any atom is -0.393 e. The van der Waals surface area contributed by atoms with Crippen molar-refractivity contribution in [3.8, 4) is 0 Å². The molecule has 2 aliphatic carbocycles. The van der Waals surface area contributed by atoms with E-state index in [0.29, 0.717) is 24.7 Å². The predicted octanol–water partition coefficient (Wildman–Crippen LogP) is 5.17. The van der Waals surface area contributed by atoms with Gasteiger partial charge in [-0.25, -0.2) is 0 Å². The molecule has 2 rings (SSSR count). The van der Waals surface area contributed by atoms with Crippen molar-refractivity contribution >= 4 is 0 Å². The zero-order valence-electron chi connectivity index (χ0n) is 18.4. The highest BCUT2D eigenvalue weighted by Crippen LogP contribution is 2.42. The fourth-order valence-electron chi connectivity index (χ4n) is 5.10. The van der Waals surface area contributed by atoms with Crippen molar-refractivity contribution in [1.82, 2.24) is 0 Å². The number of aliphatic hydroxyl groups excluding tert-OH is 2. The highest BCUT2D eigenvalue weighted by Gasteiger charge is 2.33. The Morgan fingerprint density at radius 2 is 1.86 bits per heavy atom. The first-order valence-corrected chi connectivity index (χ1v) is 11.2. The van der Waals surface area contributed by atoms with E-state index in [1.165, 1.54) is 25.7 Å². The van der Waals surface area contributed by atoms with Crippen LogP contribution in [0.2, 0.25) is 0 Å². The van der Waals surface area contributed by atoms with Crippen molar-refractivity contribution in [2.24, 2.45) is 23.7 Å². The van der Waals surface area contributed by atoms with Gasteiger partial charge in [0.15, 0.2) is 0 Å². The third kappa shape index (κ3) is 6.86. The normalized spacial score (nSPS) is 36.4. The maximum atomic E-state index is 9.99. The molecule has 28 heavy (non-hydrogen) atoms. The summed E-state index contributed by atoms with van der Waals surface area (Å²) in [6.07, 6.45) is 13.3. The van der Waals surface area contributed by atoms with E-state index in [9.17, 15) is 15.3 Å². The van der Waals surface area contributed by atoms with Gasteiger partial charge in [0, 0.05) is 6.42 Å². The van der Waals surface area contributed by atoms with Crippen LogP contribution in [0.4, 0.5) is 0 Å². The molecule has 0 aromatic heterocycles. The lowest BCUT2D eigenvalue weighted by molar-refractivity contribution is 0.0653. The van der Waals surface area contributed by atoms with Crippen LogP contribution in [0.1, 0.15) is 79.1 Å². The average molecular weight is 391 g/mol. The third-order valence-corrected chi connectivity index (χ3v) is 7.03. The Kier molecular flexibility index (Phi) is 8.54. The van der Waals surface area contributed by atoms with Crippen molar-refractivity contribution in [2.45, 2.75) is 96.9 Å². The molecule has 2 aliphatic rings. The molecule has 0 aromatic carbocycles. The van der Waals surface area contributed by atoms with Crippen molar-refractivity contribution in [3.05, 3.63) is 36.0 Å². The summed E-state index contributed by atoms with van der Waals surface area (Å²) in [6, 6.07) is 0. The van der Waals surface area contributed by atoms with Crippen molar-refractivity contribution in [3.63, 3.8) is 0 Å². The fraction of sp³-hybridized carbons (Fsp3) is 0.760. The number of hydrogen-bond acceptors (Lipinski definition) is 3. The highest BCUT2D eigenvalue weighted by atomic mass is 16.3. The van der Waals surface area contributed by atoms with Crippen LogP contribution in [-0.2, 0) is 0 Å². The standard InChI is InChI=1S/C25H42O3/c1-17-12-13-20(18(2)23(17)11-6-7-14-25(4,5)28)9-8-10-21-15-22(26)16-24(27)19(21)3/h8-10,17-18,20,22-24,26-28H,3,6-7,11-16H2,1-2,4-5H3/b9-8+,21-10-/t17-,18+,20-,22-,23+,24+/m1/s1. The van der Waals surface area contributed by atoms with Crippen LogP contribution in [-0.4, -0.2) is 33.1 Å². The van der Waals surface area contributed by atoms with Gasteiger partial charge in [-0.3, -0.25) is 0 Å². The van der Waals surface area contributed by atoms with Gasteiger partial charge in [0.25, 0.3) is 0 Å². The highest BCUT2D eigenvalue weighted by molar-refractivity contribution is 5.37. The molecule has 0 unspecified atom stereocenters. The lowest BCUT2D eigenvalue weighted by Crippen LogP contribution is -2.31. The van der Waals surface area contributed by atoms with Gasteiger partial charge in [-0.2, -0.15) is 0 Å². The summed E-state index contributed by atoms with van der Waals surface area (Å²) < 4.78 is 0. The Morgan fingerprint density at radius 3 is 2.54 bits per heavy atom. The second kappa shape index (κ2) is 10.2. The van der Waals surface area contributed by atoms with Gasteiger partial charge in [0.1, 0.15) is 0 Å². The molecule has 6 atom stereocenters. The summed E-state index contributed by atoms with van der Waals surface area (Å²) in [6.45, 7) is 12.6. The molecule has 3 N–H and O–H groups in total. The fourth-order valence-corrected chi connectivity index (χ4v) is 5.10. The smallest absolute Gasteiger partial charge is 0.0811 e. The second-order valence-corrected chi connectivity index (χ2v) is 10.0. The Labute approximate surface area is 172 Å². The summed E-state index contributed by atoms with van der Waals surface area (Å²) in [7, 11) is 0. The zero-order chi connectivity index (χ0) is 20.9. The molecule has 0 radical (unpaired) electrons. The maximum absolute atomic E-state index is 9.99. The largest absolute Gasteiger partial charge is 0.393 e. The van der Waals surface area contributed by atoms with E-state index in [2.05, 4.69) is 32.6 Å². The van der Waals surface area contributed by atoms with Gasteiger partial charge < -0.3 is 15.3 Å². The van der Waals surface area contributed by atoms with Crippen LogP contribution in [0.5, 0.6) is 0 Å². The molecule has 2 fully saturated rings. The van der Waals surface area contributed by atoms with Crippen LogP contribution in [0, 0.1) is 23.7 Å². The number of hydrogen-bond donors (Lipinski definition) is 3. The summed E-state index contributed by atoms with van der Waals surface area (Å²) in [4.78, 5) is 0. The molecule has 0 aliphatic heterocycles.